The maximum atomic E-state index is 5.63. The first kappa shape index (κ1) is 10.8. The zero-order valence-electron chi connectivity index (χ0n) is 9.35. The molecule has 16 heavy (non-hydrogen) atoms. The molecule has 0 heterocycles. The maximum Gasteiger partial charge on any atom is 0.113 e. The van der Waals surface area contributed by atoms with E-state index in [4.69, 9.17) is 7.85 Å². The van der Waals surface area contributed by atoms with Gasteiger partial charge < -0.3 is 0 Å². The Hall–Kier alpha value is -1.76. The average molecular weight is 204 g/mol. The van der Waals surface area contributed by atoms with Crippen molar-refractivity contribution in [2.45, 2.75) is 6.92 Å². The van der Waals surface area contributed by atoms with Crippen LogP contribution < -0.4 is 5.46 Å². The van der Waals surface area contributed by atoms with Crippen molar-refractivity contribution in [1.82, 2.24) is 0 Å². The lowest BCUT2D eigenvalue weighted by Gasteiger charge is -1.96. The zero-order chi connectivity index (χ0) is 11.4. The van der Waals surface area contributed by atoms with Gasteiger partial charge in [-0.05, 0) is 18.1 Å². The van der Waals surface area contributed by atoms with Gasteiger partial charge >= 0.3 is 0 Å². The Bertz CT molecular complexity index is 430. The normalized spacial score (nSPS) is 10.8. The summed E-state index contributed by atoms with van der Waals surface area (Å²) in [4.78, 5) is 0. The number of benzene rings is 2. The summed E-state index contributed by atoms with van der Waals surface area (Å²) in [7, 11) is 5.63. The minimum Gasteiger partial charge on any atom is -0.0966 e. The fraction of sp³-hybridized carbons (Fsp3) is 0.0667. The Morgan fingerprint density at radius 1 is 0.750 bits per heavy atom. The summed E-state index contributed by atoms with van der Waals surface area (Å²) in [6, 6.07) is 16.3. The Morgan fingerprint density at radius 2 is 1.19 bits per heavy atom. The molecule has 2 rings (SSSR count). The molecule has 0 spiro atoms. The number of aryl methyl sites for hydroxylation is 1. The first-order valence-electron chi connectivity index (χ1n) is 5.34. The molecule has 0 aliphatic carbocycles. The first-order valence-corrected chi connectivity index (χ1v) is 5.34. The summed E-state index contributed by atoms with van der Waals surface area (Å²) in [5.41, 5.74) is 4.45. The van der Waals surface area contributed by atoms with Crippen molar-refractivity contribution in [1.29, 1.82) is 0 Å². The highest BCUT2D eigenvalue weighted by molar-refractivity contribution is 6.32. The average Bonchev–Trinajstić information content (AvgIpc) is 2.30. The second-order valence-electron chi connectivity index (χ2n) is 3.91. The molecule has 0 aliphatic rings. The molecule has 76 valence electrons. The minimum absolute atomic E-state index is 0.799. The lowest BCUT2D eigenvalue weighted by atomic mass is 9.95. The number of hydrogen-bond acceptors (Lipinski definition) is 0. The Kier molecular flexibility index (Phi) is 3.26. The van der Waals surface area contributed by atoms with Crippen LogP contribution in [0.3, 0.4) is 0 Å². The quantitative estimate of drug-likeness (QED) is 0.521. The molecule has 0 bridgehead atoms. The number of hydrogen-bond donors (Lipinski definition) is 0. The fourth-order valence-corrected chi connectivity index (χ4v) is 1.48. The van der Waals surface area contributed by atoms with E-state index in [1.54, 1.807) is 0 Å². The van der Waals surface area contributed by atoms with E-state index in [2.05, 4.69) is 43.3 Å². The molecular weight excluding hydrogens is 191 g/mol. The van der Waals surface area contributed by atoms with E-state index < -0.39 is 0 Å². The predicted octanol–water partition coefficient (Wildman–Crippen LogP) is 2.96. The van der Waals surface area contributed by atoms with Crippen LogP contribution in [0.25, 0.3) is 12.2 Å². The first-order chi connectivity index (χ1) is 7.74. The standard InChI is InChI=1S/C15H13B/c1-12-2-4-13(5-3-12)6-7-14-8-10-15(16)11-9-14/h2-11H,1H3. The molecule has 0 nitrogen and oxygen atoms in total. The highest BCUT2D eigenvalue weighted by atomic mass is 13.9. The molecular formula is C15H13B. The van der Waals surface area contributed by atoms with Crippen molar-refractivity contribution in [3.8, 4) is 0 Å². The van der Waals surface area contributed by atoms with E-state index in [0.29, 0.717) is 0 Å². The molecule has 0 amide bonds. The molecule has 0 aromatic heterocycles. The van der Waals surface area contributed by atoms with Crippen molar-refractivity contribution in [2.24, 2.45) is 0 Å². The van der Waals surface area contributed by atoms with Gasteiger partial charge in [0.15, 0.2) is 0 Å². The van der Waals surface area contributed by atoms with Gasteiger partial charge in [-0.25, -0.2) is 0 Å². The maximum absolute atomic E-state index is 5.63. The van der Waals surface area contributed by atoms with Crippen LogP contribution in [0.1, 0.15) is 16.7 Å². The highest BCUT2D eigenvalue weighted by Crippen LogP contribution is 2.08. The van der Waals surface area contributed by atoms with E-state index in [0.717, 1.165) is 11.0 Å². The predicted molar refractivity (Wildman–Crippen MR) is 71.9 cm³/mol. The van der Waals surface area contributed by atoms with Crippen LogP contribution >= 0.6 is 0 Å². The third-order valence-electron chi connectivity index (χ3n) is 2.48. The second kappa shape index (κ2) is 4.85. The lowest BCUT2D eigenvalue weighted by molar-refractivity contribution is 1.46. The van der Waals surface area contributed by atoms with Crippen molar-refractivity contribution < 1.29 is 0 Å². The van der Waals surface area contributed by atoms with Crippen LogP contribution in [0, 0.1) is 6.92 Å². The molecule has 0 fully saturated rings. The molecule has 0 N–H and O–H groups in total. The SMILES string of the molecule is [B]c1ccc(C=Cc2ccc(C)cc2)cc1. The van der Waals surface area contributed by atoms with Gasteiger partial charge in [0.05, 0.1) is 0 Å². The van der Waals surface area contributed by atoms with Crippen molar-refractivity contribution in [3.05, 3.63) is 65.2 Å². The van der Waals surface area contributed by atoms with Gasteiger partial charge in [-0.2, -0.15) is 0 Å². The van der Waals surface area contributed by atoms with Crippen LogP contribution in [-0.4, -0.2) is 7.85 Å². The van der Waals surface area contributed by atoms with Gasteiger partial charge in [-0.3, -0.25) is 0 Å². The van der Waals surface area contributed by atoms with Crippen LogP contribution in [0.5, 0.6) is 0 Å². The molecule has 2 radical (unpaired) electrons. The van der Waals surface area contributed by atoms with E-state index in [1.807, 2.05) is 24.3 Å². The van der Waals surface area contributed by atoms with Crippen molar-refractivity contribution in [3.63, 3.8) is 0 Å². The highest BCUT2D eigenvalue weighted by Gasteiger charge is 1.88. The van der Waals surface area contributed by atoms with Gasteiger partial charge in [-0.15, -0.1) is 0 Å². The summed E-state index contributed by atoms with van der Waals surface area (Å²) in [6.45, 7) is 2.09. The van der Waals surface area contributed by atoms with Gasteiger partial charge in [0.25, 0.3) is 0 Å². The summed E-state index contributed by atoms with van der Waals surface area (Å²) in [6.07, 6.45) is 4.19. The minimum atomic E-state index is 0.799. The largest absolute Gasteiger partial charge is 0.113 e. The van der Waals surface area contributed by atoms with Gasteiger partial charge in [0, 0.05) is 0 Å². The Morgan fingerprint density at radius 3 is 1.69 bits per heavy atom. The number of rotatable bonds is 2. The smallest absolute Gasteiger partial charge is 0.0966 e. The van der Waals surface area contributed by atoms with E-state index in [9.17, 15) is 0 Å². The molecule has 2 aromatic rings. The van der Waals surface area contributed by atoms with Crippen LogP contribution in [-0.2, 0) is 0 Å². The van der Waals surface area contributed by atoms with Crippen LogP contribution in [0.15, 0.2) is 48.5 Å². The van der Waals surface area contributed by atoms with Crippen molar-refractivity contribution in [2.75, 3.05) is 0 Å². The molecule has 2 aromatic carbocycles. The monoisotopic (exact) mass is 204 g/mol. The Labute approximate surface area is 98.0 Å². The Balaban J connectivity index is 2.15. The van der Waals surface area contributed by atoms with Crippen molar-refractivity contribution >= 4 is 25.5 Å². The third-order valence-corrected chi connectivity index (χ3v) is 2.48. The van der Waals surface area contributed by atoms with Gasteiger partial charge in [-0.1, -0.05) is 71.7 Å². The van der Waals surface area contributed by atoms with E-state index in [1.165, 1.54) is 11.1 Å². The van der Waals surface area contributed by atoms with Crippen LogP contribution in [0.2, 0.25) is 0 Å². The summed E-state index contributed by atoms with van der Waals surface area (Å²) < 4.78 is 0. The molecule has 0 atom stereocenters. The summed E-state index contributed by atoms with van der Waals surface area (Å²) in [5.74, 6) is 0. The molecule has 0 saturated heterocycles. The zero-order valence-corrected chi connectivity index (χ0v) is 9.35. The molecule has 0 aliphatic heterocycles. The lowest BCUT2D eigenvalue weighted by Crippen LogP contribution is -1.98. The topological polar surface area (TPSA) is 0 Å². The third kappa shape index (κ3) is 2.87. The van der Waals surface area contributed by atoms with Gasteiger partial charge in [0.1, 0.15) is 7.85 Å². The van der Waals surface area contributed by atoms with Gasteiger partial charge in [0.2, 0.25) is 0 Å². The second-order valence-corrected chi connectivity index (χ2v) is 3.91. The summed E-state index contributed by atoms with van der Waals surface area (Å²) in [5, 5.41) is 0. The molecule has 0 unspecified atom stereocenters. The molecule has 0 saturated carbocycles. The van der Waals surface area contributed by atoms with E-state index in [-0.39, 0.29) is 0 Å². The van der Waals surface area contributed by atoms with Crippen LogP contribution in [0.4, 0.5) is 0 Å². The fourth-order valence-electron chi connectivity index (χ4n) is 1.48. The van der Waals surface area contributed by atoms with E-state index >= 15 is 0 Å². The molecule has 1 heteroatoms. The summed E-state index contributed by atoms with van der Waals surface area (Å²) >= 11 is 0.